The lowest BCUT2D eigenvalue weighted by Crippen LogP contribution is -2.59. The summed E-state index contributed by atoms with van der Waals surface area (Å²) >= 11 is 0. The van der Waals surface area contributed by atoms with Gasteiger partial charge in [0, 0.05) is 18.8 Å². The molecule has 4 aromatic carbocycles. The summed E-state index contributed by atoms with van der Waals surface area (Å²) in [6.07, 6.45) is 1.90. The van der Waals surface area contributed by atoms with Crippen molar-refractivity contribution in [3.05, 3.63) is 131 Å². The van der Waals surface area contributed by atoms with Gasteiger partial charge in [0.25, 0.3) is 0 Å². The molecular weight excluding hydrogens is 951 g/mol. The van der Waals surface area contributed by atoms with E-state index in [-0.39, 0.29) is 43.6 Å². The maximum absolute atomic E-state index is 14.4. The van der Waals surface area contributed by atoms with E-state index in [0.29, 0.717) is 24.0 Å². The molecule has 4 aromatic rings. The molecule has 18 nitrogen and oxygen atoms in total. The number of ether oxygens (including phenoxy) is 1. The van der Waals surface area contributed by atoms with Gasteiger partial charge in [0.15, 0.2) is 5.92 Å². The number of benzene rings is 4. The highest BCUT2D eigenvalue weighted by Gasteiger charge is 2.38. The molecule has 6 atom stereocenters. The molecule has 6 rings (SSSR count). The van der Waals surface area contributed by atoms with Gasteiger partial charge in [-0.1, -0.05) is 155 Å². The van der Waals surface area contributed by atoms with Gasteiger partial charge in [0.2, 0.25) is 29.5 Å². The van der Waals surface area contributed by atoms with Crippen molar-refractivity contribution in [3.8, 4) is 11.1 Å². The topological polar surface area (TPSA) is 284 Å². The van der Waals surface area contributed by atoms with Crippen LogP contribution in [0.4, 0.5) is 0 Å². The van der Waals surface area contributed by atoms with Gasteiger partial charge in [-0.25, -0.2) is 4.79 Å². The van der Waals surface area contributed by atoms with Crippen LogP contribution in [0, 0.1) is 11.8 Å². The number of rotatable bonds is 26. The number of carboxylic acid groups (broad SMARTS) is 3. The number of fused-ring (bicyclic) bond motifs is 3. The highest BCUT2D eigenvalue weighted by Crippen LogP contribution is 2.44. The van der Waals surface area contributed by atoms with Crippen molar-refractivity contribution in [1.29, 1.82) is 0 Å². The predicted molar refractivity (Wildman–Crippen MR) is 271 cm³/mol. The third kappa shape index (κ3) is 15.6. The summed E-state index contributed by atoms with van der Waals surface area (Å²) in [5.41, 5.74) is 4.82. The molecule has 18 heteroatoms. The van der Waals surface area contributed by atoms with E-state index in [1.54, 1.807) is 74.5 Å². The van der Waals surface area contributed by atoms with E-state index >= 15 is 0 Å². The number of hydrogen-bond donors (Lipinski definition) is 8. The standard InChI is InChI=1S/C56H65N5O13/c1-33(2)28-43(60-54(70)49(36-20-10-5-11-21-36)56(73)74-32-41-39-24-14-12-22-37(39)38-23-13-15-25-40(38)41)51(67)57-42(26-27-47(62)63)50(66)58-44(29-34-16-6-3-7-17-34)52(68)59-45(31-48(64)65)53(69)61-46(55(71)72)30-35-18-8-4-9-19-35/h4-5,8-15,18-25,33-34,41-46,49H,3,6-7,16-17,26-32H2,1-2H3,(H,57,67)(H,58,66)(H,59,68)(H,60,70)(H,61,69)(H,62,63)(H,64,65)(H,71,72)/t42-,43-,44-,45-,46-,49?/m0/s1. The Morgan fingerprint density at radius 3 is 1.64 bits per heavy atom. The zero-order chi connectivity index (χ0) is 53.3. The number of carboxylic acids is 3. The number of esters is 1. The van der Waals surface area contributed by atoms with E-state index in [1.165, 1.54) is 0 Å². The van der Waals surface area contributed by atoms with Crippen molar-refractivity contribution in [2.24, 2.45) is 11.8 Å². The smallest absolute Gasteiger partial charge is 0.326 e. The van der Waals surface area contributed by atoms with Gasteiger partial charge in [-0.2, -0.15) is 0 Å². The van der Waals surface area contributed by atoms with Gasteiger partial charge < -0.3 is 46.6 Å². The first-order valence-electron chi connectivity index (χ1n) is 25.1. The zero-order valence-electron chi connectivity index (χ0n) is 41.5. The molecule has 1 unspecified atom stereocenters. The number of hydrogen-bond acceptors (Lipinski definition) is 10. The van der Waals surface area contributed by atoms with Crippen LogP contribution in [0.5, 0.6) is 0 Å². The maximum Gasteiger partial charge on any atom is 0.326 e. The van der Waals surface area contributed by atoms with Crippen LogP contribution < -0.4 is 26.6 Å². The molecule has 392 valence electrons. The molecule has 0 aliphatic heterocycles. The van der Waals surface area contributed by atoms with Crippen molar-refractivity contribution in [1.82, 2.24) is 26.6 Å². The first-order chi connectivity index (χ1) is 35.5. The van der Waals surface area contributed by atoms with Gasteiger partial charge in [-0.05, 0) is 64.5 Å². The molecule has 1 fully saturated rings. The lowest BCUT2D eigenvalue weighted by Gasteiger charge is -2.30. The van der Waals surface area contributed by atoms with Crippen LogP contribution in [-0.2, 0) is 54.3 Å². The average molecular weight is 1020 g/mol. The fraction of sp³-hybridized carbons (Fsp3) is 0.411. The van der Waals surface area contributed by atoms with Crippen molar-refractivity contribution in [3.63, 3.8) is 0 Å². The highest BCUT2D eigenvalue weighted by atomic mass is 16.5. The fourth-order valence-electron chi connectivity index (χ4n) is 9.73. The molecule has 8 N–H and O–H groups in total. The Morgan fingerprint density at radius 2 is 1.05 bits per heavy atom. The Bertz CT molecular complexity index is 2590. The first kappa shape index (κ1) is 55.4. The monoisotopic (exact) mass is 1020 g/mol. The van der Waals surface area contributed by atoms with E-state index in [2.05, 4.69) is 26.6 Å². The second-order valence-electron chi connectivity index (χ2n) is 19.4. The van der Waals surface area contributed by atoms with E-state index in [4.69, 9.17) is 4.74 Å². The minimum absolute atomic E-state index is 0.0187. The predicted octanol–water partition coefficient (Wildman–Crippen LogP) is 5.23. The van der Waals surface area contributed by atoms with E-state index in [9.17, 15) is 58.5 Å². The summed E-state index contributed by atoms with van der Waals surface area (Å²) in [7, 11) is 0. The van der Waals surface area contributed by atoms with Gasteiger partial charge in [-0.3, -0.25) is 38.4 Å². The summed E-state index contributed by atoms with van der Waals surface area (Å²) in [4.78, 5) is 121. The molecule has 0 saturated heterocycles. The van der Waals surface area contributed by atoms with E-state index in [1.807, 2.05) is 48.5 Å². The van der Waals surface area contributed by atoms with Crippen LogP contribution in [-0.4, -0.2) is 106 Å². The summed E-state index contributed by atoms with van der Waals surface area (Å²) in [6.45, 7) is 3.50. The molecule has 0 aromatic heterocycles. The van der Waals surface area contributed by atoms with Crippen LogP contribution in [0.25, 0.3) is 11.1 Å². The Kier molecular flexibility index (Phi) is 20.0. The molecule has 0 heterocycles. The van der Waals surface area contributed by atoms with Gasteiger partial charge in [0.05, 0.1) is 6.42 Å². The molecular formula is C56H65N5O13. The van der Waals surface area contributed by atoms with Gasteiger partial charge in [0.1, 0.15) is 36.8 Å². The van der Waals surface area contributed by atoms with Gasteiger partial charge in [-0.15, -0.1) is 0 Å². The van der Waals surface area contributed by atoms with Crippen molar-refractivity contribution < 1.29 is 63.2 Å². The normalized spacial score (nSPS) is 15.6. The Balaban J connectivity index is 1.20. The highest BCUT2D eigenvalue weighted by molar-refractivity contribution is 6.05. The summed E-state index contributed by atoms with van der Waals surface area (Å²) in [6, 6.07) is 24.5. The third-order valence-electron chi connectivity index (χ3n) is 13.4. The number of amides is 5. The largest absolute Gasteiger partial charge is 0.481 e. The summed E-state index contributed by atoms with van der Waals surface area (Å²) in [5.74, 6) is -12.0. The summed E-state index contributed by atoms with van der Waals surface area (Å²) in [5, 5.41) is 42.1. The Hall–Kier alpha value is -7.89. The van der Waals surface area contributed by atoms with E-state index in [0.717, 1.165) is 41.5 Å². The fourth-order valence-corrected chi connectivity index (χ4v) is 9.73. The Morgan fingerprint density at radius 1 is 0.554 bits per heavy atom. The van der Waals surface area contributed by atoms with Crippen LogP contribution in [0.3, 0.4) is 0 Å². The zero-order valence-corrected chi connectivity index (χ0v) is 41.5. The summed E-state index contributed by atoms with van der Waals surface area (Å²) < 4.78 is 5.95. The van der Waals surface area contributed by atoms with Crippen LogP contribution in [0.15, 0.2) is 109 Å². The third-order valence-corrected chi connectivity index (χ3v) is 13.4. The number of carbonyl (C=O) groups is 9. The van der Waals surface area contributed by atoms with Crippen LogP contribution in [0.1, 0.15) is 112 Å². The van der Waals surface area contributed by atoms with Crippen molar-refractivity contribution in [2.45, 2.75) is 127 Å². The Labute approximate surface area is 429 Å². The van der Waals surface area contributed by atoms with E-state index < -0.39 is 109 Å². The second kappa shape index (κ2) is 26.7. The number of aliphatic carboxylic acids is 3. The molecule has 2 aliphatic rings. The van der Waals surface area contributed by atoms with Crippen molar-refractivity contribution >= 4 is 53.4 Å². The molecule has 0 spiro atoms. The lowest BCUT2D eigenvalue weighted by atomic mass is 9.84. The van der Waals surface area contributed by atoms with Crippen molar-refractivity contribution in [2.75, 3.05) is 6.61 Å². The molecule has 1 saturated carbocycles. The number of nitrogens with one attached hydrogen (secondary N) is 5. The molecule has 74 heavy (non-hydrogen) atoms. The molecule has 2 aliphatic carbocycles. The first-order valence-corrected chi connectivity index (χ1v) is 25.1. The number of carbonyl (C=O) groups excluding carboxylic acids is 6. The SMILES string of the molecule is CC(C)C[C@H](NC(=O)C(C(=O)OCC1c2ccccc2-c2ccccc21)c1ccccc1)C(=O)N[C@@H](CCC(=O)O)C(=O)N[C@@H](CC1CCCCC1)C(=O)N[C@@H](CC(=O)O)C(=O)N[C@@H](Cc1ccccc1)C(=O)O. The minimum atomic E-state index is -1.78. The van der Waals surface area contributed by atoms with Gasteiger partial charge >= 0.3 is 23.9 Å². The maximum atomic E-state index is 14.4. The molecule has 0 bridgehead atoms. The molecule has 0 radical (unpaired) electrons. The minimum Gasteiger partial charge on any atom is -0.481 e. The van der Waals surface area contributed by atoms with Crippen LogP contribution in [0.2, 0.25) is 0 Å². The quantitative estimate of drug-likeness (QED) is 0.0296. The van der Waals surface area contributed by atoms with Crippen LogP contribution >= 0.6 is 0 Å². The average Bonchev–Trinajstić information content (AvgIpc) is 3.69. The second-order valence-corrected chi connectivity index (χ2v) is 19.4. The lowest BCUT2D eigenvalue weighted by molar-refractivity contribution is -0.150. The molecule has 5 amide bonds.